The van der Waals surface area contributed by atoms with Gasteiger partial charge in [-0.1, -0.05) is 20.8 Å². The molecular weight excluding hydrogens is 316 g/mol. The van der Waals surface area contributed by atoms with E-state index in [2.05, 4.69) is 26.1 Å². The van der Waals surface area contributed by atoms with Gasteiger partial charge in [0.1, 0.15) is 5.70 Å². The van der Waals surface area contributed by atoms with Crippen molar-refractivity contribution in [1.29, 1.82) is 0 Å². The molecule has 1 saturated heterocycles. The second-order valence-electron chi connectivity index (χ2n) is 7.41. The highest BCUT2D eigenvalue weighted by molar-refractivity contribution is 8.03. The summed E-state index contributed by atoms with van der Waals surface area (Å²) in [6.45, 7) is 10.1. The number of hydrogen-bond donors (Lipinski definition) is 2. The number of amides is 2. The van der Waals surface area contributed by atoms with Gasteiger partial charge in [0.25, 0.3) is 0 Å². The Labute approximate surface area is 140 Å². The third-order valence-electron chi connectivity index (χ3n) is 4.41. The maximum atomic E-state index is 12.0. The molecule has 6 nitrogen and oxygen atoms in total. The number of carbonyl (C=O) groups excluding carboxylic acids is 2. The van der Waals surface area contributed by atoms with Crippen LogP contribution in [-0.2, 0) is 14.4 Å². The molecule has 0 bridgehead atoms. The Kier molecular flexibility index (Phi) is 4.54. The molecule has 23 heavy (non-hydrogen) atoms. The first-order valence-electron chi connectivity index (χ1n) is 7.68. The van der Waals surface area contributed by atoms with Crippen LogP contribution in [0.4, 0.5) is 0 Å². The Hall–Kier alpha value is -1.50. The lowest BCUT2D eigenvalue weighted by Crippen LogP contribution is -2.63. The lowest BCUT2D eigenvalue weighted by atomic mass is 9.66. The first kappa shape index (κ1) is 17.8. The average Bonchev–Trinajstić information content (AvgIpc) is 2.58. The van der Waals surface area contributed by atoms with E-state index < -0.39 is 11.5 Å². The van der Waals surface area contributed by atoms with E-state index in [4.69, 9.17) is 0 Å². The fraction of sp³-hybridized carbons (Fsp3) is 0.688. The fourth-order valence-electron chi connectivity index (χ4n) is 3.87. The van der Waals surface area contributed by atoms with Crippen molar-refractivity contribution in [2.75, 3.05) is 12.3 Å². The molecule has 0 aromatic carbocycles. The van der Waals surface area contributed by atoms with Crippen molar-refractivity contribution >= 4 is 29.5 Å². The number of hydrogen-bond acceptors (Lipinski definition) is 4. The molecule has 1 fully saturated rings. The molecule has 2 atom stereocenters. The van der Waals surface area contributed by atoms with Crippen molar-refractivity contribution in [1.82, 2.24) is 10.2 Å². The first-order valence-corrected chi connectivity index (χ1v) is 8.66. The molecule has 0 aliphatic carbocycles. The molecule has 2 aliphatic rings. The zero-order valence-corrected chi connectivity index (χ0v) is 15.0. The second kappa shape index (κ2) is 5.85. The van der Waals surface area contributed by atoms with Gasteiger partial charge < -0.3 is 10.4 Å². The van der Waals surface area contributed by atoms with Crippen molar-refractivity contribution in [3.05, 3.63) is 10.6 Å². The number of aliphatic carboxylic acids is 1. The number of nitrogens with zero attached hydrogens (tertiary/aromatic N) is 1. The lowest BCUT2D eigenvalue weighted by molar-refractivity contribution is -0.158. The Morgan fingerprint density at radius 3 is 2.48 bits per heavy atom. The molecule has 0 radical (unpaired) electrons. The summed E-state index contributed by atoms with van der Waals surface area (Å²) in [5, 5.41) is 12.3. The maximum absolute atomic E-state index is 12.0. The Balaban J connectivity index is 2.33. The van der Waals surface area contributed by atoms with Crippen LogP contribution in [0, 0.1) is 11.3 Å². The van der Waals surface area contributed by atoms with Crippen molar-refractivity contribution in [3.63, 3.8) is 0 Å². The summed E-state index contributed by atoms with van der Waals surface area (Å²) in [5.74, 6) is -0.741. The third kappa shape index (κ3) is 2.98. The summed E-state index contributed by atoms with van der Waals surface area (Å²) in [6, 6.07) is 0. The van der Waals surface area contributed by atoms with Crippen molar-refractivity contribution < 1.29 is 19.5 Å². The summed E-state index contributed by atoms with van der Waals surface area (Å²) in [5.41, 5.74) is -0.503. The predicted octanol–water partition coefficient (Wildman–Crippen LogP) is 1.82. The third-order valence-corrected chi connectivity index (χ3v) is 5.56. The van der Waals surface area contributed by atoms with Gasteiger partial charge in [0.05, 0.1) is 12.0 Å². The maximum Gasteiger partial charge on any atom is 0.353 e. The second-order valence-corrected chi connectivity index (χ2v) is 8.55. The van der Waals surface area contributed by atoms with E-state index in [0.29, 0.717) is 18.7 Å². The van der Waals surface area contributed by atoms with Crippen LogP contribution in [-0.4, -0.2) is 45.6 Å². The van der Waals surface area contributed by atoms with Crippen LogP contribution in [0.15, 0.2) is 10.6 Å². The first-order chi connectivity index (χ1) is 10.5. The van der Waals surface area contributed by atoms with E-state index in [1.807, 2.05) is 6.92 Å². The van der Waals surface area contributed by atoms with Gasteiger partial charge in [0.15, 0.2) is 0 Å². The molecule has 0 saturated carbocycles. The van der Waals surface area contributed by atoms with Gasteiger partial charge in [-0.2, -0.15) is 0 Å². The number of β-lactam (4-membered cyclic amide) rings is 1. The van der Waals surface area contributed by atoms with Gasteiger partial charge in [-0.05, 0) is 12.3 Å². The largest absolute Gasteiger partial charge is 0.477 e. The quantitative estimate of drug-likeness (QED) is 0.589. The Bertz CT molecular complexity index is 593. The van der Waals surface area contributed by atoms with E-state index in [1.54, 1.807) is 0 Å². The predicted molar refractivity (Wildman–Crippen MR) is 88.6 cm³/mol. The zero-order chi connectivity index (χ0) is 17.6. The van der Waals surface area contributed by atoms with Crippen LogP contribution in [0.3, 0.4) is 0 Å². The van der Waals surface area contributed by atoms with E-state index in [9.17, 15) is 19.5 Å². The molecule has 0 aromatic heterocycles. The molecule has 2 unspecified atom stereocenters. The van der Waals surface area contributed by atoms with Gasteiger partial charge >= 0.3 is 5.97 Å². The van der Waals surface area contributed by atoms with Gasteiger partial charge in [-0.25, -0.2) is 4.79 Å². The van der Waals surface area contributed by atoms with Crippen LogP contribution in [0.1, 0.15) is 41.0 Å². The minimum atomic E-state index is -1.06. The van der Waals surface area contributed by atoms with Crippen molar-refractivity contribution in [2.45, 2.75) is 46.6 Å². The van der Waals surface area contributed by atoms with Crippen LogP contribution in [0.25, 0.3) is 0 Å². The number of thioether (sulfide) groups is 1. The SMILES string of the molecule is CC(=O)NCCSC1=C(C(=O)O)N2C(=O)CC2(C)C1C(C)(C)C. The smallest absolute Gasteiger partial charge is 0.353 e. The molecule has 2 amide bonds. The number of fused-ring (bicyclic) bond motifs is 1. The highest BCUT2D eigenvalue weighted by atomic mass is 32.2. The minimum Gasteiger partial charge on any atom is -0.477 e. The van der Waals surface area contributed by atoms with E-state index in [0.717, 1.165) is 4.91 Å². The molecule has 2 rings (SSSR count). The number of nitrogens with one attached hydrogen (secondary N) is 1. The zero-order valence-electron chi connectivity index (χ0n) is 14.2. The normalized spacial score (nSPS) is 26.9. The summed E-state index contributed by atoms with van der Waals surface area (Å²) in [4.78, 5) is 37.0. The van der Waals surface area contributed by atoms with Crippen LogP contribution < -0.4 is 5.32 Å². The number of carbonyl (C=O) groups is 3. The van der Waals surface area contributed by atoms with E-state index in [-0.39, 0.29) is 28.8 Å². The molecule has 128 valence electrons. The molecule has 0 aromatic rings. The van der Waals surface area contributed by atoms with Crippen LogP contribution in [0.2, 0.25) is 0 Å². The highest BCUT2D eigenvalue weighted by Crippen LogP contribution is 2.59. The molecule has 2 heterocycles. The highest BCUT2D eigenvalue weighted by Gasteiger charge is 2.64. The number of carboxylic acid groups (broad SMARTS) is 1. The standard InChI is InChI=1S/C16H24N2O4S/c1-9(19)17-6-7-23-12-11(14(21)22)18-10(20)8-16(18,5)13(12)15(2,3)4/h13H,6-8H2,1-5H3,(H,17,19)(H,21,22). The van der Waals surface area contributed by atoms with Gasteiger partial charge in [-0.15, -0.1) is 11.8 Å². The van der Waals surface area contributed by atoms with Crippen molar-refractivity contribution in [2.24, 2.45) is 11.3 Å². The molecule has 7 heteroatoms. The number of carboxylic acids is 1. The van der Waals surface area contributed by atoms with Crippen molar-refractivity contribution in [3.8, 4) is 0 Å². The van der Waals surface area contributed by atoms with E-state index in [1.165, 1.54) is 23.6 Å². The summed E-state index contributed by atoms with van der Waals surface area (Å²) in [7, 11) is 0. The van der Waals surface area contributed by atoms with Gasteiger partial charge in [0.2, 0.25) is 11.8 Å². The van der Waals surface area contributed by atoms with Crippen LogP contribution >= 0.6 is 11.8 Å². The van der Waals surface area contributed by atoms with Gasteiger partial charge in [-0.3, -0.25) is 14.5 Å². The molecule has 0 spiro atoms. The lowest BCUT2D eigenvalue weighted by Gasteiger charge is -2.52. The molecule has 2 aliphatic heterocycles. The Morgan fingerprint density at radius 1 is 1.43 bits per heavy atom. The summed E-state index contributed by atoms with van der Waals surface area (Å²) >= 11 is 1.44. The number of rotatable bonds is 5. The molecule has 2 N–H and O–H groups in total. The van der Waals surface area contributed by atoms with E-state index >= 15 is 0 Å². The summed E-state index contributed by atoms with van der Waals surface area (Å²) < 4.78 is 0. The van der Waals surface area contributed by atoms with Crippen LogP contribution in [0.5, 0.6) is 0 Å². The molecular formula is C16H24N2O4S. The van der Waals surface area contributed by atoms with Gasteiger partial charge in [0, 0.05) is 30.0 Å². The Morgan fingerprint density at radius 2 is 2.04 bits per heavy atom. The fourth-order valence-corrected chi connectivity index (χ4v) is 5.38. The summed E-state index contributed by atoms with van der Waals surface area (Å²) in [6.07, 6.45) is 0.376. The average molecular weight is 340 g/mol. The minimum absolute atomic E-state index is 0.0267. The topological polar surface area (TPSA) is 86.7 Å². The monoisotopic (exact) mass is 340 g/mol.